The molecule has 0 aliphatic rings. The van der Waals surface area contributed by atoms with Crippen LogP contribution in [-0.4, -0.2) is 8.96 Å². The molecule has 2 rings (SSSR count). The Morgan fingerprint density at radius 2 is 1.52 bits per heavy atom. The van der Waals surface area contributed by atoms with E-state index in [1.807, 2.05) is 57.2 Å². The zero-order valence-corrected chi connectivity index (χ0v) is 15.1. The largest absolute Gasteiger partial charge is 0.242 e. The van der Waals surface area contributed by atoms with Crippen molar-refractivity contribution in [3.8, 4) is 0 Å². The summed E-state index contributed by atoms with van der Waals surface area (Å²) in [4.78, 5) is 0. The quantitative estimate of drug-likeness (QED) is 0.833. The summed E-state index contributed by atoms with van der Waals surface area (Å²) in [6.45, 7) is 8.02. The molecule has 0 fully saturated rings. The molecule has 122 valence electrons. The number of hydrogen-bond acceptors (Lipinski definition) is 1. The third-order valence-corrected chi connectivity index (χ3v) is 5.18. The lowest BCUT2D eigenvalue weighted by Gasteiger charge is -2.23. The summed E-state index contributed by atoms with van der Waals surface area (Å²) >= 11 is 0. The van der Waals surface area contributed by atoms with Gasteiger partial charge in [0.15, 0.2) is 0 Å². The van der Waals surface area contributed by atoms with Crippen molar-refractivity contribution >= 4 is 16.6 Å². The molecule has 0 aliphatic carbocycles. The van der Waals surface area contributed by atoms with Gasteiger partial charge >= 0.3 is 0 Å². The zero-order valence-electron chi connectivity index (χ0n) is 14.2. The van der Waals surface area contributed by atoms with Gasteiger partial charge in [-0.25, -0.2) is 8.93 Å². The highest BCUT2D eigenvalue weighted by atomic mass is 32.2. The smallest absolute Gasteiger partial charge is 0.0978 e. The van der Waals surface area contributed by atoms with E-state index in [2.05, 4.69) is 42.0 Å². The number of benzene rings is 2. The van der Waals surface area contributed by atoms with Gasteiger partial charge in [-0.15, -0.1) is 0 Å². The Morgan fingerprint density at radius 3 is 2.04 bits per heavy atom. The predicted molar refractivity (Wildman–Crippen MR) is 100 cm³/mol. The summed E-state index contributed by atoms with van der Waals surface area (Å²) in [6.07, 6.45) is 2.15. The maximum atomic E-state index is 12.5. The third-order valence-electron chi connectivity index (χ3n) is 3.59. The second-order valence-corrected chi connectivity index (χ2v) is 8.60. The van der Waals surface area contributed by atoms with E-state index < -0.39 is 11.0 Å². The van der Waals surface area contributed by atoms with Crippen LogP contribution < -0.4 is 4.72 Å². The first-order valence-corrected chi connectivity index (χ1v) is 9.00. The molecule has 0 radical (unpaired) electrons. The van der Waals surface area contributed by atoms with Crippen LogP contribution in [0.2, 0.25) is 0 Å². The van der Waals surface area contributed by atoms with Crippen LogP contribution in [0.5, 0.6) is 0 Å². The second kappa shape index (κ2) is 7.71. The van der Waals surface area contributed by atoms with E-state index in [1.165, 1.54) is 5.56 Å². The molecule has 23 heavy (non-hydrogen) atoms. The van der Waals surface area contributed by atoms with Crippen molar-refractivity contribution in [2.45, 2.75) is 38.5 Å². The van der Waals surface area contributed by atoms with E-state index in [4.69, 9.17) is 0 Å². The summed E-state index contributed by atoms with van der Waals surface area (Å²) in [5.74, 6) is 0. The zero-order chi connectivity index (χ0) is 16.9. The molecule has 0 bridgehead atoms. The van der Waals surface area contributed by atoms with E-state index in [0.29, 0.717) is 0 Å². The van der Waals surface area contributed by atoms with Gasteiger partial charge in [0.05, 0.1) is 21.8 Å². The van der Waals surface area contributed by atoms with Gasteiger partial charge < -0.3 is 0 Å². The maximum absolute atomic E-state index is 12.5. The van der Waals surface area contributed by atoms with Gasteiger partial charge in [0.2, 0.25) is 0 Å². The Morgan fingerprint density at radius 1 is 1.00 bits per heavy atom. The predicted octanol–water partition coefficient (Wildman–Crippen LogP) is 4.88. The monoisotopic (exact) mass is 327 g/mol. The molecule has 0 saturated heterocycles. The molecule has 2 unspecified atom stereocenters. The van der Waals surface area contributed by atoms with Crippen molar-refractivity contribution < 1.29 is 4.21 Å². The molecule has 0 amide bonds. The van der Waals surface area contributed by atoms with Gasteiger partial charge in [0.25, 0.3) is 0 Å². The van der Waals surface area contributed by atoms with Crippen LogP contribution in [0, 0.1) is 0 Å². The van der Waals surface area contributed by atoms with Gasteiger partial charge in [0.1, 0.15) is 0 Å². The number of allylic oxidation sites excluding steroid dienone is 1. The van der Waals surface area contributed by atoms with E-state index >= 15 is 0 Å². The van der Waals surface area contributed by atoms with Crippen molar-refractivity contribution in [1.82, 2.24) is 4.72 Å². The standard InChI is InChI=1S/C20H25NOS/c1-16(17-11-7-5-8-12-17)15-19(18-13-9-6-10-14-18)21-23(22)20(2,3)4/h5-15,19,21H,1-4H3/b16-15+. The summed E-state index contributed by atoms with van der Waals surface area (Å²) < 4.78 is 15.5. The summed E-state index contributed by atoms with van der Waals surface area (Å²) in [7, 11) is -1.14. The van der Waals surface area contributed by atoms with Crippen LogP contribution in [0.1, 0.15) is 44.9 Å². The van der Waals surface area contributed by atoms with Gasteiger partial charge in [-0.3, -0.25) is 0 Å². The maximum Gasteiger partial charge on any atom is 0.0978 e. The lowest BCUT2D eigenvalue weighted by atomic mass is 10.0. The first kappa shape index (κ1) is 17.6. The van der Waals surface area contributed by atoms with Crippen molar-refractivity contribution in [3.63, 3.8) is 0 Å². The summed E-state index contributed by atoms with van der Waals surface area (Å²) in [5, 5.41) is 0. The van der Waals surface area contributed by atoms with Gasteiger partial charge in [-0.2, -0.15) is 0 Å². The van der Waals surface area contributed by atoms with Crippen molar-refractivity contribution in [2.75, 3.05) is 0 Å². The molecule has 2 nitrogen and oxygen atoms in total. The highest BCUT2D eigenvalue weighted by molar-refractivity contribution is 7.84. The van der Waals surface area contributed by atoms with E-state index in [1.54, 1.807) is 0 Å². The fourth-order valence-electron chi connectivity index (χ4n) is 2.20. The number of rotatable bonds is 5. The van der Waals surface area contributed by atoms with Gasteiger partial charge in [-0.05, 0) is 44.4 Å². The highest BCUT2D eigenvalue weighted by Crippen LogP contribution is 2.23. The molecule has 0 spiro atoms. The number of nitrogens with one attached hydrogen (secondary N) is 1. The van der Waals surface area contributed by atoms with Crippen LogP contribution in [0.25, 0.3) is 5.57 Å². The molecule has 2 atom stereocenters. The van der Waals surface area contributed by atoms with E-state index in [9.17, 15) is 4.21 Å². The summed E-state index contributed by atoms with van der Waals surface area (Å²) in [5.41, 5.74) is 3.45. The van der Waals surface area contributed by atoms with Crippen molar-refractivity contribution in [3.05, 3.63) is 77.9 Å². The molecule has 0 saturated carbocycles. The van der Waals surface area contributed by atoms with Gasteiger partial charge in [-0.1, -0.05) is 66.7 Å². The number of hydrogen-bond donors (Lipinski definition) is 1. The highest BCUT2D eigenvalue weighted by Gasteiger charge is 2.22. The minimum atomic E-state index is -1.14. The molecule has 0 aromatic heterocycles. The second-order valence-electron chi connectivity index (χ2n) is 6.60. The Kier molecular flexibility index (Phi) is 5.91. The normalized spacial score (nSPS) is 15.2. The lowest BCUT2D eigenvalue weighted by Crippen LogP contribution is -2.35. The molecule has 0 aliphatic heterocycles. The first-order chi connectivity index (χ1) is 10.9. The minimum Gasteiger partial charge on any atom is -0.242 e. The van der Waals surface area contributed by atoms with E-state index in [0.717, 1.165) is 11.1 Å². The topological polar surface area (TPSA) is 29.1 Å². The average molecular weight is 327 g/mol. The fourth-order valence-corrected chi connectivity index (χ4v) is 2.99. The van der Waals surface area contributed by atoms with Crippen LogP contribution >= 0.6 is 0 Å². The Labute approximate surface area is 142 Å². The SMILES string of the molecule is C/C(=C\C(NS(=O)C(C)(C)C)c1ccccc1)c1ccccc1. The van der Waals surface area contributed by atoms with Crippen molar-refractivity contribution in [1.29, 1.82) is 0 Å². The van der Waals surface area contributed by atoms with Crippen LogP contribution in [0.15, 0.2) is 66.7 Å². The minimum absolute atomic E-state index is 0.0866. The lowest BCUT2D eigenvalue weighted by molar-refractivity contribution is 0.626. The molecule has 0 heterocycles. The fraction of sp³-hybridized carbons (Fsp3) is 0.300. The molecule has 1 N–H and O–H groups in total. The molecule has 2 aromatic carbocycles. The van der Waals surface area contributed by atoms with Crippen LogP contribution in [0.3, 0.4) is 0 Å². The first-order valence-electron chi connectivity index (χ1n) is 7.85. The Bertz CT molecular complexity index is 672. The summed E-state index contributed by atoms with van der Waals surface area (Å²) in [6, 6.07) is 20.3. The molecular weight excluding hydrogens is 302 g/mol. The third kappa shape index (κ3) is 5.15. The molecular formula is C20H25NOS. The Balaban J connectivity index is 2.33. The molecule has 3 heteroatoms. The van der Waals surface area contributed by atoms with E-state index in [-0.39, 0.29) is 10.8 Å². The van der Waals surface area contributed by atoms with Crippen molar-refractivity contribution in [2.24, 2.45) is 0 Å². The van der Waals surface area contributed by atoms with Gasteiger partial charge in [0, 0.05) is 0 Å². The Hall–Kier alpha value is -1.71. The van der Waals surface area contributed by atoms with Crippen LogP contribution in [-0.2, 0) is 11.0 Å². The van der Waals surface area contributed by atoms with Crippen LogP contribution in [0.4, 0.5) is 0 Å². The average Bonchev–Trinajstić information content (AvgIpc) is 2.55. The molecule has 2 aromatic rings.